The van der Waals surface area contributed by atoms with Crippen molar-refractivity contribution in [2.75, 3.05) is 18.5 Å². The van der Waals surface area contributed by atoms with Crippen molar-refractivity contribution in [1.82, 2.24) is 5.43 Å². The predicted octanol–water partition coefficient (Wildman–Crippen LogP) is 6.20. The Labute approximate surface area is 195 Å². The highest BCUT2D eigenvalue weighted by molar-refractivity contribution is 5.90. The van der Waals surface area contributed by atoms with Crippen LogP contribution in [-0.4, -0.2) is 25.5 Å². The van der Waals surface area contributed by atoms with E-state index in [1.807, 2.05) is 54.6 Å². The number of carbonyl (C=O) groups excluding carboxylic acids is 1. The number of para-hydroxylation sites is 2. The molecule has 0 heterocycles. The second-order valence-corrected chi connectivity index (χ2v) is 7.66. The topological polar surface area (TPSA) is 72.0 Å². The van der Waals surface area contributed by atoms with Gasteiger partial charge in [-0.2, -0.15) is 5.10 Å². The second-order valence-electron chi connectivity index (χ2n) is 7.66. The lowest BCUT2D eigenvalue weighted by Crippen LogP contribution is -2.24. The summed E-state index contributed by atoms with van der Waals surface area (Å²) in [5, 5.41) is 6.72. The lowest BCUT2D eigenvalue weighted by molar-refractivity contribution is 0.247. The third-order valence-electron chi connectivity index (χ3n) is 5.20. The maximum absolute atomic E-state index is 11.9. The SMILES string of the molecule is CC[C@@H](C)c1ccc(OCCCOc2ccccc2/C=N\NC(=O)Nc2ccccc2)cc1. The predicted molar refractivity (Wildman–Crippen MR) is 133 cm³/mol. The van der Waals surface area contributed by atoms with Gasteiger partial charge in [0.05, 0.1) is 19.4 Å². The zero-order valence-electron chi connectivity index (χ0n) is 19.2. The molecule has 3 rings (SSSR count). The fourth-order valence-electron chi connectivity index (χ4n) is 3.12. The number of benzene rings is 3. The van der Waals surface area contributed by atoms with E-state index in [-0.39, 0.29) is 0 Å². The summed E-state index contributed by atoms with van der Waals surface area (Å²) >= 11 is 0. The molecule has 3 aromatic rings. The van der Waals surface area contributed by atoms with Crippen LogP contribution in [0.15, 0.2) is 84.0 Å². The van der Waals surface area contributed by atoms with Gasteiger partial charge in [0.25, 0.3) is 0 Å². The third kappa shape index (κ3) is 8.00. The molecular formula is C27H31N3O3. The molecule has 3 aromatic carbocycles. The number of rotatable bonds is 11. The van der Waals surface area contributed by atoms with Crippen molar-refractivity contribution in [1.29, 1.82) is 0 Å². The minimum atomic E-state index is -0.412. The van der Waals surface area contributed by atoms with Crippen LogP contribution in [-0.2, 0) is 0 Å². The zero-order valence-corrected chi connectivity index (χ0v) is 19.2. The molecule has 6 nitrogen and oxygen atoms in total. The number of nitrogens with zero attached hydrogens (tertiary/aromatic N) is 1. The van der Waals surface area contributed by atoms with E-state index in [4.69, 9.17) is 9.47 Å². The first kappa shape index (κ1) is 23.9. The molecule has 0 unspecified atom stereocenters. The summed E-state index contributed by atoms with van der Waals surface area (Å²) in [6.45, 7) is 5.50. The number of hydrogen-bond acceptors (Lipinski definition) is 4. The maximum Gasteiger partial charge on any atom is 0.339 e. The molecule has 0 aliphatic rings. The molecule has 2 N–H and O–H groups in total. The molecule has 1 atom stereocenters. The van der Waals surface area contributed by atoms with Crippen LogP contribution >= 0.6 is 0 Å². The standard InChI is InChI=1S/C27H31N3O3/c1-3-21(2)22-14-16-25(17-15-22)32-18-9-19-33-26-13-8-7-10-23(26)20-28-30-27(31)29-24-11-5-4-6-12-24/h4-8,10-17,20-21H,3,9,18-19H2,1-2H3,(H2,29,30,31)/b28-20-/t21-/m1/s1. The van der Waals surface area contributed by atoms with Crippen LogP contribution in [0.2, 0.25) is 0 Å². The van der Waals surface area contributed by atoms with E-state index in [1.165, 1.54) is 5.56 Å². The van der Waals surface area contributed by atoms with Crippen molar-refractivity contribution in [2.24, 2.45) is 5.10 Å². The van der Waals surface area contributed by atoms with Crippen molar-refractivity contribution in [3.05, 3.63) is 90.0 Å². The van der Waals surface area contributed by atoms with Crippen molar-refractivity contribution in [3.63, 3.8) is 0 Å². The lowest BCUT2D eigenvalue weighted by Gasteiger charge is -2.12. The van der Waals surface area contributed by atoms with E-state index in [9.17, 15) is 4.79 Å². The van der Waals surface area contributed by atoms with E-state index < -0.39 is 6.03 Å². The number of hydrogen-bond donors (Lipinski definition) is 2. The number of hydrazone groups is 1. The molecule has 2 amide bonds. The maximum atomic E-state index is 11.9. The van der Waals surface area contributed by atoms with Crippen LogP contribution in [0, 0.1) is 0 Å². The second kappa shape index (κ2) is 12.9. The van der Waals surface area contributed by atoms with Crippen molar-refractivity contribution >= 4 is 17.9 Å². The molecule has 0 spiro atoms. The molecule has 0 saturated carbocycles. The Kier molecular flexibility index (Phi) is 9.33. The summed E-state index contributed by atoms with van der Waals surface area (Å²) in [7, 11) is 0. The van der Waals surface area contributed by atoms with Crippen LogP contribution in [0.5, 0.6) is 11.5 Å². The Morgan fingerprint density at radius 3 is 2.39 bits per heavy atom. The van der Waals surface area contributed by atoms with Crippen LogP contribution in [0.1, 0.15) is 43.7 Å². The summed E-state index contributed by atoms with van der Waals surface area (Å²) in [6, 6.07) is 24.6. The number of carbonyl (C=O) groups is 1. The van der Waals surface area contributed by atoms with Gasteiger partial charge in [0, 0.05) is 17.7 Å². The number of amides is 2. The Hall–Kier alpha value is -3.80. The number of nitrogens with one attached hydrogen (secondary N) is 2. The van der Waals surface area contributed by atoms with Gasteiger partial charge in [0.15, 0.2) is 0 Å². The minimum absolute atomic E-state index is 0.412. The molecule has 172 valence electrons. The summed E-state index contributed by atoms with van der Waals surface area (Å²) < 4.78 is 11.7. The van der Waals surface area contributed by atoms with E-state index in [1.54, 1.807) is 18.3 Å². The largest absolute Gasteiger partial charge is 0.493 e. The first-order valence-corrected chi connectivity index (χ1v) is 11.3. The van der Waals surface area contributed by atoms with Gasteiger partial charge in [-0.05, 0) is 54.3 Å². The smallest absolute Gasteiger partial charge is 0.339 e. The molecule has 0 bridgehead atoms. The van der Waals surface area contributed by atoms with E-state index >= 15 is 0 Å². The summed E-state index contributed by atoms with van der Waals surface area (Å²) in [4.78, 5) is 11.9. The van der Waals surface area contributed by atoms with Gasteiger partial charge in [-0.3, -0.25) is 0 Å². The fourth-order valence-corrected chi connectivity index (χ4v) is 3.12. The van der Waals surface area contributed by atoms with Gasteiger partial charge in [0.1, 0.15) is 11.5 Å². The molecule has 6 heteroatoms. The Balaban J connectivity index is 1.41. The lowest BCUT2D eigenvalue weighted by atomic mass is 9.99. The molecule has 0 aliphatic heterocycles. The molecular weight excluding hydrogens is 414 g/mol. The van der Waals surface area contributed by atoms with Gasteiger partial charge >= 0.3 is 6.03 Å². The Bertz CT molecular complexity index is 1020. The molecule has 0 radical (unpaired) electrons. The average molecular weight is 446 g/mol. The van der Waals surface area contributed by atoms with Gasteiger partial charge < -0.3 is 14.8 Å². The highest BCUT2D eigenvalue weighted by Crippen LogP contribution is 2.21. The van der Waals surface area contributed by atoms with Gasteiger partial charge in [0.2, 0.25) is 0 Å². The quantitative estimate of drug-likeness (QED) is 0.210. The third-order valence-corrected chi connectivity index (χ3v) is 5.20. The van der Waals surface area contributed by atoms with Gasteiger partial charge in [-0.25, -0.2) is 10.2 Å². The normalized spacial score (nSPS) is 11.7. The van der Waals surface area contributed by atoms with Crippen LogP contribution in [0.4, 0.5) is 10.5 Å². The van der Waals surface area contributed by atoms with Crippen LogP contribution in [0.3, 0.4) is 0 Å². The van der Waals surface area contributed by atoms with Crippen molar-refractivity contribution in [3.8, 4) is 11.5 Å². The van der Waals surface area contributed by atoms with E-state index in [0.717, 1.165) is 24.2 Å². The highest BCUT2D eigenvalue weighted by atomic mass is 16.5. The summed E-state index contributed by atoms with van der Waals surface area (Å²) in [5.41, 5.74) is 5.27. The average Bonchev–Trinajstić information content (AvgIpc) is 2.85. The summed E-state index contributed by atoms with van der Waals surface area (Å²) in [5.74, 6) is 2.13. The number of urea groups is 1. The zero-order chi connectivity index (χ0) is 23.3. The van der Waals surface area contributed by atoms with E-state index in [2.05, 4.69) is 41.8 Å². The molecule has 0 aliphatic carbocycles. The van der Waals surface area contributed by atoms with Crippen molar-refractivity contribution in [2.45, 2.75) is 32.6 Å². The molecule has 0 fully saturated rings. The van der Waals surface area contributed by atoms with E-state index in [0.29, 0.717) is 30.6 Å². The molecule has 0 saturated heterocycles. The van der Waals surface area contributed by atoms with Crippen LogP contribution in [0.25, 0.3) is 0 Å². The molecule has 33 heavy (non-hydrogen) atoms. The highest BCUT2D eigenvalue weighted by Gasteiger charge is 2.04. The van der Waals surface area contributed by atoms with Gasteiger partial charge in [-0.1, -0.05) is 56.3 Å². The minimum Gasteiger partial charge on any atom is -0.493 e. The monoisotopic (exact) mass is 445 g/mol. The first-order chi connectivity index (χ1) is 16.2. The Morgan fingerprint density at radius 2 is 1.64 bits per heavy atom. The Morgan fingerprint density at radius 1 is 0.939 bits per heavy atom. The first-order valence-electron chi connectivity index (χ1n) is 11.3. The summed E-state index contributed by atoms with van der Waals surface area (Å²) in [6.07, 6.45) is 3.44. The number of anilines is 1. The number of ether oxygens (including phenoxy) is 2. The fraction of sp³-hybridized carbons (Fsp3) is 0.259. The molecule has 0 aromatic heterocycles. The van der Waals surface area contributed by atoms with Gasteiger partial charge in [-0.15, -0.1) is 0 Å². The van der Waals surface area contributed by atoms with Crippen LogP contribution < -0.4 is 20.2 Å². The van der Waals surface area contributed by atoms with Crippen molar-refractivity contribution < 1.29 is 14.3 Å².